The van der Waals surface area contributed by atoms with Crippen LogP contribution >= 0.6 is 0 Å². The molecule has 0 radical (unpaired) electrons. The summed E-state index contributed by atoms with van der Waals surface area (Å²) < 4.78 is 5.30. The molecular formula is C13H16N2O8. The van der Waals surface area contributed by atoms with Gasteiger partial charge in [-0.25, -0.2) is 4.79 Å². The molecule has 23 heavy (non-hydrogen) atoms. The lowest BCUT2D eigenvalue weighted by molar-refractivity contribution is -0.384. The van der Waals surface area contributed by atoms with E-state index in [-0.39, 0.29) is 11.3 Å². The van der Waals surface area contributed by atoms with Crippen LogP contribution in [0.3, 0.4) is 0 Å². The summed E-state index contributed by atoms with van der Waals surface area (Å²) in [5, 5.41) is 51.7. The molecule has 0 aliphatic carbocycles. The van der Waals surface area contributed by atoms with Gasteiger partial charge in [-0.2, -0.15) is 0 Å². The molecule has 0 aromatic heterocycles. The maximum absolute atomic E-state index is 11.0. The molecule has 1 aliphatic rings. The fraction of sp³-hybridized carbons (Fsp3) is 0.462. The lowest BCUT2D eigenvalue weighted by Crippen LogP contribution is -2.58. The van der Waals surface area contributed by atoms with E-state index in [4.69, 9.17) is 9.84 Å². The highest BCUT2D eigenvalue weighted by molar-refractivity contribution is 5.90. The van der Waals surface area contributed by atoms with Crippen LogP contribution in [0.5, 0.6) is 0 Å². The molecule has 5 atom stereocenters. The molecule has 0 amide bonds. The number of nitro groups is 1. The first kappa shape index (κ1) is 17.1. The fourth-order valence-corrected chi connectivity index (χ4v) is 2.26. The van der Waals surface area contributed by atoms with E-state index in [1.165, 1.54) is 6.92 Å². The van der Waals surface area contributed by atoms with E-state index >= 15 is 0 Å². The molecule has 1 aromatic rings. The standard InChI is InChI=1S/C13H16N2O8/c1-5-9(16)10(17)11(18)12(23-5)14-7-2-6(13(19)20)3-8(4-7)15(21)22/h2-5,9-12,14,16-18H,1H3,(H,19,20)/t5-,9+,10+,11+,12-/m1/s1. The Hall–Kier alpha value is -2.27. The highest BCUT2D eigenvalue weighted by atomic mass is 16.6. The van der Waals surface area contributed by atoms with Crippen molar-refractivity contribution in [2.45, 2.75) is 37.6 Å². The SMILES string of the molecule is C[C@H]1O[C@@H](Nc2cc(C(=O)O)cc([N+](=O)[O-])c2)[C@@H](O)[C@@H](O)[C@H]1O. The molecule has 2 rings (SSSR count). The molecule has 0 unspecified atom stereocenters. The van der Waals surface area contributed by atoms with E-state index in [2.05, 4.69) is 5.32 Å². The number of hydrogen-bond acceptors (Lipinski definition) is 8. The van der Waals surface area contributed by atoms with Gasteiger partial charge in [0.1, 0.15) is 18.3 Å². The van der Waals surface area contributed by atoms with Crippen LogP contribution in [0.1, 0.15) is 17.3 Å². The molecule has 0 bridgehead atoms. The Labute approximate surface area is 130 Å². The zero-order chi connectivity index (χ0) is 17.3. The average Bonchev–Trinajstić information content (AvgIpc) is 2.50. The topological polar surface area (TPSA) is 162 Å². The summed E-state index contributed by atoms with van der Waals surface area (Å²) in [6.45, 7) is 1.48. The number of carboxylic acid groups (broad SMARTS) is 1. The molecule has 0 saturated carbocycles. The van der Waals surface area contributed by atoms with Gasteiger partial charge in [-0.05, 0) is 13.0 Å². The second-order valence-corrected chi connectivity index (χ2v) is 5.21. The van der Waals surface area contributed by atoms with Crippen LogP contribution in [0.4, 0.5) is 11.4 Å². The molecule has 5 N–H and O–H groups in total. The van der Waals surface area contributed by atoms with Crippen LogP contribution in [0.2, 0.25) is 0 Å². The number of nitrogens with zero attached hydrogens (tertiary/aromatic N) is 1. The zero-order valence-corrected chi connectivity index (χ0v) is 12.0. The summed E-state index contributed by atoms with van der Waals surface area (Å²) in [5.74, 6) is -1.36. The van der Waals surface area contributed by atoms with Crippen molar-refractivity contribution in [2.75, 3.05) is 5.32 Å². The van der Waals surface area contributed by atoms with Gasteiger partial charge < -0.3 is 30.5 Å². The van der Waals surface area contributed by atoms with Crippen LogP contribution in [-0.2, 0) is 4.74 Å². The summed E-state index contributed by atoms with van der Waals surface area (Å²) >= 11 is 0. The second-order valence-electron chi connectivity index (χ2n) is 5.21. The number of carbonyl (C=O) groups is 1. The molecule has 1 aliphatic heterocycles. The van der Waals surface area contributed by atoms with Crippen LogP contribution < -0.4 is 5.32 Å². The van der Waals surface area contributed by atoms with Crippen LogP contribution in [0.15, 0.2) is 18.2 Å². The number of anilines is 1. The Kier molecular flexibility index (Phi) is 4.80. The Morgan fingerprint density at radius 2 is 1.87 bits per heavy atom. The monoisotopic (exact) mass is 328 g/mol. The minimum atomic E-state index is -1.51. The number of hydrogen-bond donors (Lipinski definition) is 5. The largest absolute Gasteiger partial charge is 0.478 e. The first-order valence-electron chi connectivity index (χ1n) is 6.69. The minimum absolute atomic E-state index is 0.0245. The maximum atomic E-state index is 11.0. The lowest BCUT2D eigenvalue weighted by atomic mass is 9.99. The number of ether oxygens (including phenoxy) is 1. The number of benzene rings is 1. The van der Waals surface area contributed by atoms with Crippen LogP contribution in [0, 0.1) is 10.1 Å². The third-order valence-electron chi connectivity index (χ3n) is 3.54. The number of rotatable bonds is 4. The van der Waals surface area contributed by atoms with Gasteiger partial charge in [0.2, 0.25) is 0 Å². The van der Waals surface area contributed by atoms with Gasteiger partial charge in [0, 0.05) is 17.8 Å². The number of aromatic carboxylic acids is 1. The van der Waals surface area contributed by atoms with E-state index in [0.29, 0.717) is 0 Å². The summed E-state index contributed by atoms with van der Waals surface area (Å²) in [6, 6.07) is 3.10. The van der Waals surface area contributed by atoms with E-state index in [1.54, 1.807) is 0 Å². The number of nitro benzene ring substituents is 1. The predicted octanol–water partition coefficient (Wildman–Crippen LogP) is -0.468. The molecule has 1 fully saturated rings. The van der Waals surface area contributed by atoms with Crippen molar-refractivity contribution in [1.29, 1.82) is 0 Å². The van der Waals surface area contributed by atoms with E-state index < -0.39 is 47.2 Å². The first-order valence-corrected chi connectivity index (χ1v) is 6.69. The second kappa shape index (κ2) is 6.46. The van der Waals surface area contributed by atoms with Crippen molar-refractivity contribution in [2.24, 2.45) is 0 Å². The smallest absolute Gasteiger partial charge is 0.336 e. The molecule has 126 valence electrons. The third-order valence-corrected chi connectivity index (χ3v) is 3.54. The van der Waals surface area contributed by atoms with Gasteiger partial charge in [0.15, 0.2) is 6.23 Å². The highest BCUT2D eigenvalue weighted by Gasteiger charge is 2.41. The normalized spacial score (nSPS) is 30.7. The average molecular weight is 328 g/mol. The number of aliphatic hydroxyl groups is 3. The Bertz CT molecular complexity index is 590. The molecular weight excluding hydrogens is 312 g/mol. The summed E-state index contributed by atoms with van der Waals surface area (Å²) in [4.78, 5) is 21.1. The Morgan fingerprint density at radius 1 is 1.22 bits per heavy atom. The number of non-ortho nitro benzene ring substituents is 1. The van der Waals surface area contributed by atoms with Crippen molar-refractivity contribution in [3.8, 4) is 0 Å². The molecule has 1 saturated heterocycles. The van der Waals surface area contributed by atoms with Crippen molar-refractivity contribution < 1.29 is 34.9 Å². The van der Waals surface area contributed by atoms with Crippen molar-refractivity contribution in [1.82, 2.24) is 0 Å². The van der Waals surface area contributed by atoms with E-state index in [0.717, 1.165) is 18.2 Å². The number of nitrogens with one attached hydrogen (secondary N) is 1. The summed E-state index contributed by atoms with van der Waals surface area (Å²) in [6.07, 6.45) is -6.25. The first-order chi connectivity index (χ1) is 10.7. The van der Waals surface area contributed by atoms with E-state index in [1.807, 2.05) is 0 Å². The van der Waals surface area contributed by atoms with Gasteiger partial charge >= 0.3 is 5.97 Å². The molecule has 10 heteroatoms. The van der Waals surface area contributed by atoms with Gasteiger partial charge in [0.05, 0.1) is 16.6 Å². The predicted molar refractivity (Wildman–Crippen MR) is 76.0 cm³/mol. The van der Waals surface area contributed by atoms with Gasteiger partial charge in [0.25, 0.3) is 5.69 Å². The molecule has 0 spiro atoms. The molecule has 10 nitrogen and oxygen atoms in total. The summed E-state index contributed by atoms with van der Waals surface area (Å²) in [5.41, 5.74) is -0.747. The van der Waals surface area contributed by atoms with Crippen molar-refractivity contribution in [3.05, 3.63) is 33.9 Å². The fourth-order valence-electron chi connectivity index (χ4n) is 2.26. The summed E-state index contributed by atoms with van der Waals surface area (Å²) in [7, 11) is 0. The Balaban J connectivity index is 2.28. The van der Waals surface area contributed by atoms with Crippen LogP contribution in [-0.4, -0.2) is 62.0 Å². The minimum Gasteiger partial charge on any atom is -0.478 e. The number of aliphatic hydroxyl groups excluding tert-OH is 3. The van der Waals surface area contributed by atoms with Gasteiger partial charge in [-0.1, -0.05) is 0 Å². The quantitative estimate of drug-likeness (QED) is 0.363. The van der Waals surface area contributed by atoms with Gasteiger partial charge in [-0.3, -0.25) is 10.1 Å². The van der Waals surface area contributed by atoms with Crippen molar-refractivity contribution in [3.63, 3.8) is 0 Å². The lowest BCUT2D eigenvalue weighted by Gasteiger charge is -2.39. The molecule has 1 aromatic carbocycles. The molecule has 1 heterocycles. The van der Waals surface area contributed by atoms with Crippen molar-refractivity contribution >= 4 is 17.3 Å². The van der Waals surface area contributed by atoms with E-state index in [9.17, 15) is 30.2 Å². The highest BCUT2D eigenvalue weighted by Crippen LogP contribution is 2.26. The van der Waals surface area contributed by atoms with Crippen LogP contribution in [0.25, 0.3) is 0 Å². The maximum Gasteiger partial charge on any atom is 0.336 e. The number of carboxylic acids is 1. The van der Waals surface area contributed by atoms with Gasteiger partial charge in [-0.15, -0.1) is 0 Å². The zero-order valence-electron chi connectivity index (χ0n) is 12.0. The third kappa shape index (κ3) is 3.56. The Morgan fingerprint density at radius 3 is 2.43 bits per heavy atom.